The lowest BCUT2D eigenvalue weighted by atomic mass is 9.85. The maximum Gasteiger partial charge on any atom is 0.295 e. The number of hydrogen-bond donors (Lipinski definition) is 1. The van der Waals surface area contributed by atoms with Crippen LogP contribution in [0, 0.1) is 0 Å². The first-order chi connectivity index (χ1) is 15.2. The Balaban J connectivity index is 1.81. The summed E-state index contributed by atoms with van der Waals surface area (Å²) in [6.45, 7) is 7.36. The minimum atomic E-state index is -0.680. The molecule has 168 valence electrons. The van der Waals surface area contributed by atoms with E-state index in [0.29, 0.717) is 23.7 Å². The molecule has 2 aromatic rings. The molecule has 32 heavy (non-hydrogen) atoms. The number of halogens is 1. The molecule has 2 aromatic carbocycles. The van der Waals surface area contributed by atoms with Gasteiger partial charge in [0.15, 0.2) is 0 Å². The monoisotopic (exact) mass is 453 g/mol. The van der Waals surface area contributed by atoms with Crippen molar-refractivity contribution in [3.05, 3.63) is 75.8 Å². The summed E-state index contributed by atoms with van der Waals surface area (Å²) in [6, 6.07) is 13.8. The molecule has 1 N–H and O–H groups in total. The van der Waals surface area contributed by atoms with E-state index in [1.807, 2.05) is 24.3 Å². The summed E-state index contributed by atoms with van der Waals surface area (Å²) < 4.78 is 5.74. The Morgan fingerprint density at radius 1 is 1.09 bits per heavy atom. The van der Waals surface area contributed by atoms with Crippen molar-refractivity contribution in [2.24, 2.45) is 0 Å². The molecule has 0 radical (unpaired) electrons. The summed E-state index contributed by atoms with van der Waals surface area (Å²) in [5, 5.41) is 11.6. The maximum absolute atomic E-state index is 13.1. The van der Waals surface area contributed by atoms with Crippen molar-refractivity contribution < 1.29 is 19.4 Å². The molecule has 0 aromatic heterocycles. The fourth-order valence-electron chi connectivity index (χ4n) is 4.35. The van der Waals surface area contributed by atoms with E-state index in [0.717, 1.165) is 24.0 Å². The highest BCUT2D eigenvalue weighted by atomic mass is 35.5. The Kier molecular flexibility index (Phi) is 6.15. The van der Waals surface area contributed by atoms with Crippen LogP contribution < -0.4 is 0 Å². The third-order valence-electron chi connectivity index (χ3n) is 6.17. The first kappa shape index (κ1) is 22.6. The van der Waals surface area contributed by atoms with Gasteiger partial charge < -0.3 is 14.7 Å². The number of ketones is 1. The standard InChI is InChI=1S/C26H28ClNO4/c1-26(2,3)18-10-6-16(7-11-18)22-21(23(29)17-8-12-19(27)13-9-17)24(30)25(31)28(22)15-20-5-4-14-32-20/h6-13,20,22,29H,4-5,14-15H2,1-3H3. The molecule has 0 aliphatic carbocycles. The summed E-state index contributed by atoms with van der Waals surface area (Å²) >= 11 is 5.98. The third kappa shape index (κ3) is 4.32. The molecular weight excluding hydrogens is 426 g/mol. The van der Waals surface area contributed by atoms with Crippen LogP contribution in [0.4, 0.5) is 0 Å². The lowest BCUT2D eigenvalue weighted by molar-refractivity contribution is -0.140. The van der Waals surface area contributed by atoms with E-state index >= 15 is 0 Å². The number of nitrogens with zero attached hydrogens (tertiary/aromatic N) is 1. The topological polar surface area (TPSA) is 66.8 Å². The Labute approximate surface area is 193 Å². The Hall–Kier alpha value is -2.63. The lowest BCUT2D eigenvalue weighted by Crippen LogP contribution is -2.36. The average molecular weight is 454 g/mol. The fraction of sp³-hybridized carbons (Fsp3) is 0.385. The number of Topliss-reactive ketones (excluding diaryl/α,β-unsaturated/α-hetero) is 1. The van der Waals surface area contributed by atoms with Crippen LogP contribution in [-0.4, -0.2) is 41.0 Å². The molecule has 2 saturated heterocycles. The van der Waals surface area contributed by atoms with Crippen molar-refractivity contribution in [3.63, 3.8) is 0 Å². The molecule has 0 bridgehead atoms. The molecule has 2 heterocycles. The summed E-state index contributed by atoms with van der Waals surface area (Å²) in [5.74, 6) is -1.49. The normalized spacial score (nSPS) is 23.2. The maximum atomic E-state index is 13.1. The molecule has 6 heteroatoms. The number of amides is 1. The summed E-state index contributed by atoms with van der Waals surface area (Å²) in [6.07, 6.45) is 1.67. The highest BCUT2D eigenvalue weighted by Gasteiger charge is 2.47. The van der Waals surface area contributed by atoms with Gasteiger partial charge in [0.2, 0.25) is 0 Å². The second-order valence-electron chi connectivity index (χ2n) is 9.47. The number of benzene rings is 2. The van der Waals surface area contributed by atoms with Gasteiger partial charge in [-0.1, -0.05) is 56.6 Å². The largest absolute Gasteiger partial charge is 0.507 e. The molecule has 2 fully saturated rings. The van der Waals surface area contributed by atoms with Crippen LogP contribution in [0.25, 0.3) is 5.76 Å². The molecular formula is C26H28ClNO4. The van der Waals surface area contributed by atoms with Gasteiger partial charge in [-0.05, 0) is 53.6 Å². The summed E-state index contributed by atoms with van der Waals surface area (Å²) in [7, 11) is 0. The molecule has 2 unspecified atom stereocenters. The third-order valence-corrected chi connectivity index (χ3v) is 6.43. The van der Waals surface area contributed by atoms with Crippen molar-refractivity contribution in [1.29, 1.82) is 0 Å². The minimum absolute atomic E-state index is 0.0265. The van der Waals surface area contributed by atoms with Crippen molar-refractivity contribution in [3.8, 4) is 0 Å². The summed E-state index contributed by atoms with van der Waals surface area (Å²) in [5.41, 5.74) is 2.45. The number of aliphatic hydroxyl groups is 1. The van der Waals surface area contributed by atoms with E-state index in [9.17, 15) is 14.7 Å². The van der Waals surface area contributed by atoms with Gasteiger partial charge >= 0.3 is 0 Å². The number of aliphatic hydroxyl groups excluding tert-OH is 1. The van der Waals surface area contributed by atoms with Gasteiger partial charge in [-0.15, -0.1) is 0 Å². The predicted octanol–water partition coefficient (Wildman–Crippen LogP) is 5.24. The van der Waals surface area contributed by atoms with Gasteiger partial charge in [0.25, 0.3) is 11.7 Å². The molecule has 4 rings (SSSR count). The van der Waals surface area contributed by atoms with Crippen LogP contribution in [0.15, 0.2) is 54.1 Å². The first-order valence-corrected chi connectivity index (χ1v) is 11.3. The molecule has 0 spiro atoms. The van der Waals surface area contributed by atoms with Crippen molar-refractivity contribution in [1.82, 2.24) is 4.90 Å². The van der Waals surface area contributed by atoms with E-state index < -0.39 is 17.7 Å². The van der Waals surface area contributed by atoms with Gasteiger partial charge in [-0.2, -0.15) is 0 Å². The van der Waals surface area contributed by atoms with Crippen molar-refractivity contribution >= 4 is 29.1 Å². The zero-order chi connectivity index (χ0) is 23.0. The number of hydrogen-bond acceptors (Lipinski definition) is 4. The highest BCUT2D eigenvalue weighted by molar-refractivity contribution is 6.46. The molecule has 2 atom stereocenters. The highest BCUT2D eigenvalue weighted by Crippen LogP contribution is 2.40. The number of carbonyl (C=O) groups is 2. The van der Waals surface area contributed by atoms with Gasteiger partial charge in [0.1, 0.15) is 5.76 Å². The van der Waals surface area contributed by atoms with Crippen LogP contribution in [-0.2, 0) is 19.7 Å². The predicted molar refractivity (Wildman–Crippen MR) is 125 cm³/mol. The van der Waals surface area contributed by atoms with Crippen LogP contribution in [0.2, 0.25) is 5.02 Å². The smallest absolute Gasteiger partial charge is 0.295 e. The number of rotatable bonds is 4. The Morgan fingerprint density at radius 2 is 1.75 bits per heavy atom. The Morgan fingerprint density at radius 3 is 2.31 bits per heavy atom. The number of carbonyl (C=O) groups excluding carboxylic acids is 2. The fourth-order valence-corrected chi connectivity index (χ4v) is 4.48. The lowest BCUT2D eigenvalue weighted by Gasteiger charge is -2.28. The van der Waals surface area contributed by atoms with Gasteiger partial charge in [0, 0.05) is 23.7 Å². The first-order valence-electron chi connectivity index (χ1n) is 10.9. The van der Waals surface area contributed by atoms with Gasteiger partial charge in [-0.3, -0.25) is 9.59 Å². The quantitative estimate of drug-likeness (QED) is 0.390. The van der Waals surface area contributed by atoms with Crippen LogP contribution in [0.3, 0.4) is 0 Å². The van der Waals surface area contributed by atoms with Crippen LogP contribution in [0.5, 0.6) is 0 Å². The minimum Gasteiger partial charge on any atom is -0.507 e. The van der Waals surface area contributed by atoms with E-state index in [2.05, 4.69) is 20.8 Å². The van der Waals surface area contributed by atoms with Gasteiger partial charge in [-0.25, -0.2) is 0 Å². The van der Waals surface area contributed by atoms with Gasteiger partial charge in [0.05, 0.1) is 17.7 Å². The van der Waals surface area contributed by atoms with E-state index in [4.69, 9.17) is 16.3 Å². The molecule has 2 aliphatic rings. The van der Waals surface area contributed by atoms with Crippen molar-refractivity contribution in [2.45, 2.75) is 51.2 Å². The number of ether oxygens (including phenoxy) is 1. The van der Waals surface area contributed by atoms with Crippen molar-refractivity contribution in [2.75, 3.05) is 13.2 Å². The molecule has 2 aliphatic heterocycles. The zero-order valence-corrected chi connectivity index (χ0v) is 19.4. The second-order valence-corrected chi connectivity index (χ2v) is 9.90. The second kappa shape index (κ2) is 8.72. The summed E-state index contributed by atoms with van der Waals surface area (Å²) in [4.78, 5) is 27.7. The van der Waals surface area contributed by atoms with E-state index in [-0.39, 0.29) is 22.9 Å². The zero-order valence-electron chi connectivity index (χ0n) is 18.6. The molecule has 0 saturated carbocycles. The van der Waals surface area contributed by atoms with E-state index in [1.54, 1.807) is 29.2 Å². The molecule has 1 amide bonds. The van der Waals surface area contributed by atoms with Crippen LogP contribution >= 0.6 is 11.6 Å². The van der Waals surface area contributed by atoms with E-state index in [1.165, 1.54) is 0 Å². The SMILES string of the molecule is CC(C)(C)c1ccc(C2C(=C(O)c3ccc(Cl)cc3)C(=O)C(=O)N2CC2CCCO2)cc1. The Bertz CT molecular complexity index is 1040. The number of likely N-dealkylation sites (tertiary alicyclic amines) is 1. The average Bonchev–Trinajstić information content (AvgIpc) is 3.36. The molecule has 5 nitrogen and oxygen atoms in total. The van der Waals surface area contributed by atoms with Crippen LogP contribution in [0.1, 0.15) is 56.3 Å².